The summed E-state index contributed by atoms with van der Waals surface area (Å²) in [6.45, 7) is 0.875. The van der Waals surface area contributed by atoms with Crippen molar-refractivity contribution in [3.8, 4) is 11.3 Å². The molecule has 2 aromatic rings. The van der Waals surface area contributed by atoms with Crippen LogP contribution in [0.25, 0.3) is 22.2 Å². The predicted molar refractivity (Wildman–Crippen MR) is 81.9 cm³/mol. The molecule has 20 heavy (non-hydrogen) atoms. The molecule has 2 heteroatoms. The van der Waals surface area contributed by atoms with E-state index in [2.05, 4.69) is 65.5 Å². The topological polar surface area (TPSA) is 17.8 Å². The summed E-state index contributed by atoms with van der Waals surface area (Å²) in [7, 11) is 0. The van der Waals surface area contributed by atoms with E-state index in [1.54, 1.807) is 0 Å². The maximum atomic E-state index is 4.70. The van der Waals surface area contributed by atoms with E-state index in [0.717, 1.165) is 17.8 Å². The molecule has 2 aliphatic rings. The summed E-state index contributed by atoms with van der Waals surface area (Å²) in [6, 6.07) is 20.9. The first-order chi connectivity index (χ1) is 9.90. The van der Waals surface area contributed by atoms with Gasteiger partial charge >= 0.3 is 0 Å². The van der Waals surface area contributed by atoms with Crippen molar-refractivity contribution in [3.63, 3.8) is 0 Å². The minimum Gasteiger partial charge on any atom is -0.348 e. The summed E-state index contributed by atoms with van der Waals surface area (Å²) in [4.78, 5) is 4.70. The maximum Gasteiger partial charge on any atom is 0.0878 e. The Morgan fingerprint density at radius 3 is 2.55 bits per heavy atom. The lowest BCUT2D eigenvalue weighted by Crippen LogP contribution is -2.00. The molecule has 2 aromatic carbocycles. The third-order valence-corrected chi connectivity index (χ3v) is 3.64. The molecular formula is C18H14N2. The number of nitrogens with zero attached hydrogens (tertiary/aromatic N) is 2. The smallest absolute Gasteiger partial charge is 0.0878 e. The highest BCUT2D eigenvalue weighted by atomic mass is 14.9. The molecule has 0 atom stereocenters. The van der Waals surface area contributed by atoms with Gasteiger partial charge in [-0.1, -0.05) is 48.5 Å². The van der Waals surface area contributed by atoms with E-state index in [4.69, 9.17) is 4.98 Å². The van der Waals surface area contributed by atoms with E-state index >= 15 is 0 Å². The first kappa shape index (κ1) is 11.2. The molecule has 2 aliphatic heterocycles. The lowest BCUT2D eigenvalue weighted by molar-refractivity contribution is 0.790. The number of benzene rings is 2. The Hall–Kier alpha value is -2.61. The van der Waals surface area contributed by atoms with Crippen LogP contribution in [0.3, 0.4) is 0 Å². The summed E-state index contributed by atoms with van der Waals surface area (Å²) in [5.41, 5.74) is 4.66. The molecule has 0 spiro atoms. The Morgan fingerprint density at radius 1 is 0.850 bits per heavy atom. The summed E-state index contributed by atoms with van der Waals surface area (Å²) in [5.74, 6) is 0. The van der Waals surface area contributed by atoms with Crippen LogP contribution < -0.4 is 0 Å². The predicted octanol–water partition coefficient (Wildman–Crippen LogP) is 4.19. The molecule has 0 fully saturated rings. The molecule has 4 rings (SSSR count). The summed E-state index contributed by atoms with van der Waals surface area (Å²) >= 11 is 0. The molecule has 0 saturated carbocycles. The number of hydrogen-bond acceptors (Lipinski definition) is 1. The highest BCUT2D eigenvalue weighted by molar-refractivity contribution is 5.96. The van der Waals surface area contributed by atoms with Crippen LogP contribution in [0.4, 0.5) is 0 Å². The number of aromatic nitrogens is 2. The highest BCUT2D eigenvalue weighted by Gasteiger charge is 2.11. The zero-order valence-corrected chi connectivity index (χ0v) is 11.0. The molecule has 0 radical (unpaired) electrons. The van der Waals surface area contributed by atoms with Crippen molar-refractivity contribution < 1.29 is 0 Å². The molecule has 0 bridgehead atoms. The van der Waals surface area contributed by atoms with Crippen molar-refractivity contribution in [2.45, 2.75) is 6.54 Å². The molecule has 0 aliphatic carbocycles. The number of fused-ring (bicyclic) bond motifs is 3. The molecule has 0 unspecified atom stereocenters. The number of pyridine rings is 1. The molecule has 2 heterocycles. The Bertz CT molecular complexity index is 830. The van der Waals surface area contributed by atoms with Crippen molar-refractivity contribution >= 4 is 10.9 Å². The van der Waals surface area contributed by atoms with E-state index in [1.807, 2.05) is 12.1 Å². The molecule has 0 aromatic heterocycles. The molecule has 96 valence electrons. The number of para-hydroxylation sites is 1. The van der Waals surface area contributed by atoms with Gasteiger partial charge in [-0.15, -0.1) is 0 Å². The van der Waals surface area contributed by atoms with Gasteiger partial charge in [-0.2, -0.15) is 0 Å². The van der Waals surface area contributed by atoms with Gasteiger partial charge in [0.05, 0.1) is 11.2 Å². The fraction of sp³-hybridized carbons (Fsp3) is 0.0556. The van der Waals surface area contributed by atoms with Gasteiger partial charge in [-0.3, -0.25) is 0 Å². The standard InChI is InChI=1S/C18H14N2/c1-2-6-14(7-3-1)12-20-11-10-16-15-8-4-5-9-17(15)19-18(16)13-20/h1-11,13H,12H2. The zero-order valence-electron chi connectivity index (χ0n) is 11.0. The van der Waals surface area contributed by atoms with Crippen LogP contribution >= 0.6 is 0 Å². The molecule has 2 nitrogen and oxygen atoms in total. The second-order valence-corrected chi connectivity index (χ2v) is 5.03. The van der Waals surface area contributed by atoms with E-state index in [1.165, 1.54) is 16.5 Å². The van der Waals surface area contributed by atoms with Gasteiger partial charge in [0.2, 0.25) is 0 Å². The van der Waals surface area contributed by atoms with Crippen molar-refractivity contribution in [1.29, 1.82) is 0 Å². The summed E-state index contributed by atoms with van der Waals surface area (Å²) in [5, 5.41) is 1.23. The van der Waals surface area contributed by atoms with Crippen LogP contribution in [0.15, 0.2) is 73.1 Å². The Labute approximate surface area is 117 Å². The lowest BCUT2D eigenvalue weighted by Gasteiger charge is -2.08. The van der Waals surface area contributed by atoms with Crippen LogP contribution in [0, 0.1) is 0 Å². The number of hydrogen-bond donors (Lipinski definition) is 0. The van der Waals surface area contributed by atoms with Gasteiger partial charge in [0.15, 0.2) is 0 Å². The van der Waals surface area contributed by atoms with Gasteiger partial charge in [0.1, 0.15) is 0 Å². The first-order valence-corrected chi connectivity index (χ1v) is 6.78. The van der Waals surface area contributed by atoms with Gasteiger partial charge in [-0.05, 0) is 17.7 Å². The van der Waals surface area contributed by atoms with Crippen molar-refractivity contribution in [1.82, 2.24) is 9.55 Å². The summed E-state index contributed by atoms with van der Waals surface area (Å²) in [6.07, 6.45) is 4.26. The average molecular weight is 258 g/mol. The minimum absolute atomic E-state index is 0.875. The van der Waals surface area contributed by atoms with Crippen LogP contribution in [-0.4, -0.2) is 9.55 Å². The summed E-state index contributed by atoms with van der Waals surface area (Å²) < 4.78 is 2.18. The third-order valence-electron chi connectivity index (χ3n) is 3.64. The number of rotatable bonds is 2. The van der Waals surface area contributed by atoms with E-state index in [9.17, 15) is 0 Å². The molecule has 0 amide bonds. The van der Waals surface area contributed by atoms with Gasteiger partial charge in [-0.25, -0.2) is 4.98 Å². The fourth-order valence-corrected chi connectivity index (χ4v) is 2.66. The average Bonchev–Trinajstić information content (AvgIpc) is 2.86. The van der Waals surface area contributed by atoms with Crippen LogP contribution in [0.2, 0.25) is 0 Å². The SMILES string of the molecule is c1ccc(Cn2ccc3c4ccccc4nc-3c2)cc1. The second-order valence-electron chi connectivity index (χ2n) is 5.03. The molecular weight excluding hydrogens is 244 g/mol. The van der Waals surface area contributed by atoms with Gasteiger partial charge in [0, 0.05) is 29.9 Å². The first-order valence-electron chi connectivity index (χ1n) is 6.78. The Balaban J connectivity index is 1.79. The molecule has 0 N–H and O–H groups in total. The normalized spacial score (nSPS) is 11.2. The van der Waals surface area contributed by atoms with Crippen LogP contribution in [-0.2, 0) is 6.54 Å². The molecule has 0 saturated heterocycles. The van der Waals surface area contributed by atoms with Crippen molar-refractivity contribution in [2.75, 3.05) is 0 Å². The van der Waals surface area contributed by atoms with Crippen molar-refractivity contribution in [2.24, 2.45) is 0 Å². The lowest BCUT2D eigenvalue weighted by atomic mass is 10.1. The Kier molecular flexibility index (Phi) is 2.52. The van der Waals surface area contributed by atoms with E-state index in [0.29, 0.717) is 0 Å². The zero-order chi connectivity index (χ0) is 13.4. The Morgan fingerprint density at radius 2 is 1.65 bits per heavy atom. The largest absolute Gasteiger partial charge is 0.348 e. The van der Waals surface area contributed by atoms with Crippen LogP contribution in [0.5, 0.6) is 0 Å². The van der Waals surface area contributed by atoms with Crippen LogP contribution in [0.1, 0.15) is 5.56 Å². The minimum atomic E-state index is 0.875. The van der Waals surface area contributed by atoms with Gasteiger partial charge < -0.3 is 4.57 Å². The van der Waals surface area contributed by atoms with E-state index < -0.39 is 0 Å². The quantitative estimate of drug-likeness (QED) is 0.527. The maximum absolute atomic E-state index is 4.70. The highest BCUT2D eigenvalue weighted by Crippen LogP contribution is 2.30. The van der Waals surface area contributed by atoms with Crippen molar-refractivity contribution in [3.05, 3.63) is 78.6 Å². The monoisotopic (exact) mass is 258 g/mol. The fourth-order valence-electron chi connectivity index (χ4n) is 2.66. The third kappa shape index (κ3) is 1.86. The van der Waals surface area contributed by atoms with E-state index in [-0.39, 0.29) is 0 Å². The van der Waals surface area contributed by atoms with Gasteiger partial charge in [0.25, 0.3) is 0 Å². The second kappa shape index (κ2) is 4.49.